The van der Waals surface area contributed by atoms with Crippen LogP contribution >= 0.6 is 11.3 Å². The van der Waals surface area contributed by atoms with Crippen LogP contribution in [0.1, 0.15) is 22.3 Å². The van der Waals surface area contributed by atoms with Gasteiger partial charge in [-0.1, -0.05) is 164 Å². The molecule has 1 unspecified atom stereocenters. The van der Waals surface area contributed by atoms with E-state index in [0.29, 0.717) is 0 Å². The van der Waals surface area contributed by atoms with E-state index < -0.39 is 0 Å². The van der Waals surface area contributed by atoms with Gasteiger partial charge in [0, 0.05) is 26.6 Å². The Morgan fingerprint density at radius 1 is 0.351 bits per heavy atom. The fourth-order valence-corrected chi connectivity index (χ4v) is 11.2. The van der Waals surface area contributed by atoms with Crippen LogP contribution in [0.4, 0.5) is 17.1 Å². The molecule has 1 aromatic heterocycles. The highest BCUT2D eigenvalue weighted by Gasteiger charge is 2.53. The lowest BCUT2D eigenvalue weighted by Gasteiger charge is -2.30. The van der Waals surface area contributed by atoms with E-state index in [1.54, 1.807) is 0 Å². The van der Waals surface area contributed by atoms with Crippen molar-refractivity contribution in [2.75, 3.05) is 4.90 Å². The second-order valence-electron chi connectivity index (χ2n) is 15.2. The molecular formula is C55H35NS. The lowest BCUT2D eigenvalue weighted by atomic mass is 9.70. The molecule has 2 aliphatic carbocycles. The van der Waals surface area contributed by atoms with Crippen LogP contribution in [0, 0.1) is 0 Å². The molecule has 1 nitrogen and oxygen atoms in total. The maximum Gasteiger partial charge on any atom is 0.0740 e. The van der Waals surface area contributed by atoms with E-state index in [-0.39, 0.29) is 5.41 Å². The van der Waals surface area contributed by atoms with Gasteiger partial charge in [-0.05, 0) is 126 Å². The van der Waals surface area contributed by atoms with Crippen molar-refractivity contribution in [2.45, 2.75) is 5.41 Å². The summed E-state index contributed by atoms with van der Waals surface area (Å²) in [5.74, 6) is 0. The van der Waals surface area contributed by atoms with Crippen molar-refractivity contribution in [3.63, 3.8) is 0 Å². The number of benzene rings is 9. The number of thiophene rings is 1. The van der Waals surface area contributed by atoms with E-state index in [1.165, 1.54) is 86.9 Å². The molecule has 1 heterocycles. The first-order valence-electron chi connectivity index (χ1n) is 19.7. The van der Waals surface area contributed by atoms with E-state index in [9.17, 15) is 0 Å². The molecule has 0 saturated heterocycles. The lowest BCUT2D eigenvalue weighted by Crippen LogP contribution is -2.25. The van der Waals surface area contributed by atoms with Gasteiger partial charge in [-0.3, -0.25) is 0 Å². The number of hydrogen-bond donors (Lipinski definition) is 0. The monoisotopic (exact) mass is 741 g/mol. The maximum absolute atomic E-state index is 2.44. The highest BCUT2D eigenvalue weighted by molar-refractivity contribution is 7.22. The molecule has 2 heteroatoms. The lowest BCUT2D eigenvalue weighted by molar-refractivity contribution is 0.803. The third kappa shape index (κ3) is 4.68. The van der Waals surface area contributed by atoms with Crippen molar-refractivity contribution >= 4 is 49.3 Å². The number of hydrogen-bond acceptors (Lipinski definition) is 2. The summed E-state index contributed by atoms with van der Waals surface area (Å²) in [4.78, 5) is 3.75. The highest BCUT2D eigenvalue weighted by Crippen LogP contribution is 2.66. The van der Waals surface area contributed by atoms with E-state index in [4.69, 9.17) is 0 Å². The summed E-state index contributed by atoms with van der Waals surface area (Å²) in [6.07, 6.45) is 0. The standard InChI is InChI=1S/C55H35NS/c1-2-15-40(16-3-1)56(42-32-27-38(28-33-42)44-21-12-14-37-13-4-5-17-43(37)44)41-30-25-36(26-31-41)39-29-34-51-48(35-39)45-18-6-9-22-49(45)55(51)50-23-10-7-19-46(50)54-53(55)47-20-8-11-24-52(47)57-54/h1-35H. The van der Waals surface area contributed by atoms with E-state index in [0.717, 1.165) is 17.1 Å². The van der Waals surface area contributed by atoms with Gasteiger partial charge in [0.05, 0.1) is 5.41 Å². The Morgan fingerprint density at radius 3 is 1.68 bits per heavy atom. The Morgan fingerprint density at radius 2 is 0.895 bits per heavy atom. The van der Waals surface area contributed by atoms with E-state index in [1.807, 2.05) is 11.3 Å². The molecule has 0 N–H and O–H groups in total. The molecule has 0 bridgehead atoms. The van der Waals surface area contributed by atoms with Crippen LogP contribution in [0.15, 0.2) is 212 Å². The summed E-state index contributed by atoms with van der Waals surface area (Å²) in [5, 5.41) is 3.89. The Balaban J connectivity index is 0.952. The molecule has 1 spiro atoms. The average Bonchev–Trinajstić information content (AvgIpc) is 3.91. The van der Waals surface area contributed by atoms with Gasteiger partial charge < -0.3 is 4.90 Å². The minimum atomic E-state index is -0.348. The molecule has 0 radical (unpaired) electrons. The fraction of sp³-hybridized carbons (Fsp3) is 0.0182. The molecule has 0 aliphatic heterocycles. The van der Waals surface area contributed by atoms with Gasteiger partial charge in [0.1, 0.15) is 0 Å². The fourth-order valence-electron chi connectivity index (χ4n) is 9.87. The van der Waals surface area contributed by atoms with Crippen molar-refractivity contribution in [3.05, 3.63) is 235 Å². The highest BCUT2D eigenvalue weighted by atomic mass is 32.1. The Hall–Kier alpha value is -7.00. The first-order valence-corrected chi connectivity index (χ1v) is 20.5. The van der Waals surface area contributed by atoms with Crippen LogP contribution in [0.5, 0.6) is 0 Å². The zero-order chi connectivity index (χ0) is 37.5. The Labute approximate surface area is 336 Å². The molecule has 0 amide bonds. The van der Waals surface area contributed by atoms with Gasteiger partial charge in [-0.25, -0.2) is 0 Å². The van der Waals surface area contributed by atoms with Crippen molar-refractivity contribution in [1.29, 1.82) is 0 Å². The van der Waals surface area contributed by atoms with Gasteiger partial charge in [0.25, 0.3) is 0 Å². The number of para-hydroxylation sites is 1. The summed E-state index contributed by atoms with van der Waals surface area (Å²) in [6.45, 7) is 0. The van der Waals surface area contributed by atoms with Gasteiger partial charge in [-0.2, -0.15) is 0 Å². The molecule has 12 rings (SSSR count). The molecule has 9 aromatic carbocycles. The van der Waals surface area contributed by atoms with Crippen LogP contribution in [-0.4, -0.2) is 0 Å². The largest absolute Gasteiger partial charge is 0.311 e. The predicted octanol–water partition coefficient (Wildman–Crippen LogP) is 15.2. The minimum absolute atomic E-state index is 0.348. The molecule has 10 aromatic rings. The summed E-state index contributed by atoms with van der Waals surface area (Å²) in [6, 6.07) is 78.3. The summed E-state index contributed by atoms with van der Waals surface area (Å²) in [7, 11) is 0. The normalized spacial score (nSPS) is 14.7. The van der Waals surface area contributed by atoms with Gasteiger partial charge in [-0.15, -0.1) is 11.3 Å². The molecule has 0 saturated carbocycles. The van der Waals surface area contributed by atoms with Gasteiger partial charge in [0.2, 0.25) is 0 Å². The SMILES string of the molecule is c1ccc(N(c2ccc(-c3ccc4c(c3)-c3ccccc3C43c4ccccc4-c4sc5ccccc5c43)cc2)c2ccc(-c3cccc4ccccc34)cc2)cc1. The molecule has 0 fully saturated rings. The maximum atomic E-state index is 2.44. The zero-order valence-corrected chi connectivity index (χ0v) is 31.9. The van der Waals surface area contributed by atoms with E-state index >= 15 is 0 Å². The third-order valence-electron chi connectivity index (χ3n) is 12.3. The van der Waals surface area contributed by atoms with Gasteiger partial charge >= 0.3 is 0 Å². The Kier molecular flexibility index (Phi) is 7.08. The second kappa shape index (κ2) is 12.5. The quantitative estimate of drug-likeness (QED) is 0.170. The molecule has 266 valence electrons. The van der Waals surface area contributed by atoms with Crippen molar-refractivity contribution in [2.24, 2.45) is 0 Å². The van der Waals surface area contributed by atoms with Crippen molar-refractivity contribution in [3.8, 4) is 43.8 Å². The van der Waals surface area contributed by atoms with Crippen molar-refractivity contribution < 1.29 is 0 Å². The summed E-state index contributed by atoms with van der Waals surface area (Å²) >= 11 is 1.94. The average molecular weight is 742 g/mol. The molecule has 1 atom stereocenters. The molecule has 57 heavy (non-hydrogen) atoms. The second-order valence-corrected chi connectivity index (χ2v) is 16.2. The predicted molar refractivity (Wildman–Crippen MR) is 241 cm³/mol. The first-order chi connectivity index (χ1) is 28.3. The summed E-state index contributed by atoms with van der Waals surface area (Å²) in [5.41, 5.74) is 17.5. The smallest absolute Gasteiger partial charge is 0.0740 e. The summed E-state index contributed by atoms with van der Waals surface area (Å²) < 4.78 is 1.35. The van der Waals surface area contributed by atoms with Crippen LogP contribution in [-0.2, 0) is 5.41 Å². The van der Waals surface area contributed by atoms with Crippen LogP contribution in [0.3, 0.4) is 0 Å². The number of anilines is 3. The molecular weight excluding hydrogens is 707 g/mol. The zero-order valence-electron chi connectivity index (χ0n) is 31.1. The third-order valence-corrected chi connectivity index (χ3v) is 13.5. The number of rotatable bonds is 5. The van der Waals surface area contributed by atoms with Crippen LogP contribution in [0.2, 0.25) is 0 Å². The topological polar surface area (TPSA) is 3.24 Å². The van der Waals surface area contributed by atoms with E-state index in [2.05, 4.69) is 217 Å². The van der Waals surface area contributed by atoms with Crippen molar-refractivity contribution in [1.82, 2.24) is 0 Å². The molecule has 2 aliphatic rings. The number of fused-ring (bicyclic) bond motifs is 13. The van der Waals surface area contributed by atoms with Crippen LogP contribution in [0.25, 0.3) is 64.7 Å². The first kappa shape index (κ1) is 32.3. The minimum Gasteiger partial charge on any atom is -0.311 e. The van der Waals surface area contributed by atoms with Crippen LogP contribution < -0.4 is 4.90 Å². The van der Waals surface area contributed by atoms with Gasteiger partial charge in [0.15, 0.2) is 0 Å². The Bertz CT molecular complexity index is 3170. The number of nitrogens with zero attached hydrogens (tertiary/aromatic N) is 1.